The molecule has 0 radical (unpaired) electrons. The molecule has 0 spiro atoms. The number of aliphatic hydroxyl groups excluding tert-OH is 1. The zero-order chi connectivity index (χ0) is 19.7. The molecular formula is C25H38O3. The summed E-state index contributed by atoms with van der Waals surface area (Å²) < 4.78 is 5.48. The van der Waals surface area contributed by atoms with Gasteiger partial charge in [0.1, 0.15) is 5.75 Å². The second-order valence-corrected chi connectivity index (χ2v) is 9.81. The third-order valence-corrected chi connectivity index (χ3v) is 8.40. The predicted octanol–water partition coefficient (Wildman–Crippen LogP) is 5.75. The molecule has 0 aliphatic heterocycles. The molecule has 2 N–H and O–H groups in total. The average Bonchev–Trinajstić information content (AvgIpc) is 2.99. The molecule has 3 aliphatic carbocycles. The second-order valence-electron chi connectivity index (χ2n) is 9.81. The van der Waals surface area contributed by atoms with Gasteiger partial charge in [0.15, 0.2) is 0 Å². The van der Waals surface area contributed by atoms with Gasteiger partial charge >= 0.3 is 0 Å². The molecule has 0 heterocycles. The van der Waals surface area contributed by atoms with E-state index in [4.69, 9.17) is 4.74 Å². The van der Waals surface area contributed by atoms with E-state index in [1.54, 1.807) is 0 Å². The molecule has 3 heteroatoms. The first kappa shape index (κ1) is 20.2. The van der Waals surface area contributed by atoms with Crippen molar-refractivity contribution in [3.63, 3.8) is 0 Å². The number of phenols is 1. The van der Waals surface area contributed by atoms with Crippen molar-refractivity contribution in [2.75, 3.05) is 13.2 Å². The van der Waals surface area contributed by atoms with Gasteiger partial charge in [-0.15, -0.1) is 0 Å². The van der Waals surface area contributed by atoms with E-state index in [9.17, 15) is 10.2 Å². The Morgan fingerprint density at radius 2 is 1.96 bits per heavy atom. The van der Waals surface area contributed by atoms with Gasteiger partial charge in [0.25, 0.3) is 0 Å². The molecule has 6 atom stereocenters. The highest BCUT2D eigenvalue weighted by atomic mass is 16.5. The monoisotopic (exact) mass is 386 g/mol. The summed E-state index contributed by atoms with van der Waals surface area (Å²) in [6.07, 6.45) is 10.4. The number of benzene rings is 1. The van der Waals surface area contributed by atoms with Crippen LogP contribution in [0, 0.1) is 17.3 Å². The predicted molar refractivity (Wildman–Crippen MR) is 113 cm³/mol. The zero-order valence-corrected chi connectivity index (χ0v) is 17.7. The first-order valence-electron chi connectivity index (χ1n) is 11.6. The minimum Gasteiger partial charge on any atom is -0.508 e. The van der Waals surface area contributed by atoms with Gasteiger partial charge in [-0.1, -0.05) is 25.8 Å². The molecule has 0 aromatic heterocycles. The Hall–Kier alpha value is -1.06. The van der Waals surface area contributed by atoms with Crippen LogP contribution in [0.1, 0.15) is 94.6 Å². The van der Waals surface area contributed by atoms with Crippen LogP contribution < -0.4 is 0 Å². The topological polar surface area (TPSA) is 49.7 Å². The maximum Gasteiger partial charge on any atom is 0.115 e. The summed E-state index contributed by atoms with van der Waals surface area (Å²) in [6.45, 7) is 6.09. The number of hydrogen-bond donors (Lipinski definition) is 2. The van der Waals surface area contributed by atoms with Crippen molar-refractivity contribution in [1.29, 1.82) is 0 Å². The summed E-state index contributed by atoms with van der Waals surface area (Å²) >= 11 is 0. The highest BCUT2D eigenvalue weighted by Crippen LogP contribution is 2.62. The van der Waals surface area contributed by atoms with Crippen molar-refractivity contribution < 1.29 is 14.9 Å². The van der Waals surface area contributed by atoms with Crippen molar-refractivity contribution in [2.24, 2.45) is 17.3 Å². The lowest BCUT2D eigenvalue weighted by Gasteiger charge is -2.51. The van der Waals surface area contributed by atoms with E-state index in [0.717, 1.165) is 32.5 Å². The van der Waals surface area contributed by atoms with Gasteiger partial charge in [-0.25, -0.2) is 0 Å². The molecule has 0 saturated heterocycles. The molecular weight excluding hydrogens is 348 g/mol. The normalized spacial score (nSPS) is 36.6. The van der Waals surface area contributed by atoms with Crippen LogP contribution >= 0.6 is 0 Å². The van der Waals surface area contributed by atoms with Crippen LogP contribution in [0.3, 0.4) is 0 Å². The van der Waals surface area contributed by atoms with Gasteiger partial charge in [-0.05, 0) is 104 Å². The SMILES string of the molecule is CCOCCCCC[C@@H]1CC2[C@H](CC[C@]3(C)[C@@H](O)CC[C@@H]23)c2ccc(O)cc21. The van der Waals surface area contributed by atoms with Gasteiger partial charge in [0.05, 0.1) is 6.10 Å². The summed E-state index contributed by atoms with van der Waals surface area (Å²) in [5.74, 6) is 2.93. The van der Waals surface area contributed by atoms with Crippen LogP contribution in [0.15, 0.2) is 18.2 Å². The molecule has 1 unspecified atom stereocenters. The highest BCUT2D eigenvalue weighted by molar-refractivity contribution is 5.42. The van der Waals surface area contributed by atoms with Crippen LogP contribution in [0.5, 0.6) is 5.75 Å². The Balaban J connectivity index is 1.52. The van der Waals surface area contributed by atoms with Gasteiger partial charge in [0.2, 0.25) is 0 Å². The Morgan fingerprint density at radius 3 is 2.79 bits per heavy atom. The molecule has 1 aromatic carbocycles. The maximum absolute atomic E-state index is 10.7. The summed E-state index contributed by atoms with van der Waals surface area (Å²) in [5, 5.41) is 20.8. The van der Waals surface area contributed by atoms with Crippen LogP contribution in [0.25, 0.3) is 0 Å². The Bertz CT molecular complexity index is 672. The Kier molecular flexibility index (Phi) is 6.04. The first-order chi connectivity index (χ1) is 13.5. The summed E-state index contributed by atoms with van der Waals surface area (Å²) in [4.78, 5) is 0. The minimum atomic E-state index is -0.114. The lowest BCUT2D eigenvalue weighted by molar-refractivity contribution is -0.0252. The van der Waals surface area contributed by atoms with E-state index < -0.39 is 0 Å². The molecule has 2 saturated carbocycles. The first-order valence-corrected chi connectivity index (χ1v) is 11.6. The fourth-order valence-electron chi connectivity index (χ4n) is 6.87. The quantitative estimate of drug-likeness (QED) is 0.587. The van der Waals surface area contributed by atoms with Crippen LogP contribution in [0.4, 0.5) is 0 Å². The number of aromatic hydroxyl groups is 1. The summed E-state index contributed by atoms with van der Waals surface area (Å²) in [6, 6.07) is 6.14. The molecule has 0 amide bonds. The van der Waals surface area contributed by atoms with Gasteiger partial charge in [0, 0.05) is 13.2 Å². The number of aliphatic hydroxyl groups is 1. The molecule has 28 heavy (non-hydrogen) atoms. The van der Waals surface area contributed by atoms with Crippen molar-refractivity contribution in [3.05, 3.63) is 29.3 Å². The van der Waals surface area contributed by atoms with Crippen molar-refractivity contribution in [1.82, 2.24) is 0 Å². The summed E-state index contributed by atoms with van der Waals surface area (Å²) in [5.41, 5.74) is 3.03. The van der Waals surface area contributed by atoms with Gasteiger partial charge < -0.3 is 14.9 Å². The maximum atomic E-state index is 10.7. The standard InChI is InChI=1S/C25H38O3/c1-3-28-14-6-4-5-7-17-15-22-20(19-9-8-18(26)16-21(17)19)12-13-25(2)23(22)10-11-24(25)27/h8-9,16-17,20,22-24,26-27H,3-7,10-15H2,1-2H3/t17-,20-,22?,23+,24+,25+/m1/s1. The molecule has 0 bridgehead atoms. The number of unbranched alkanes of at least 4 members (excludes halogenated alkanes) is 2. The van der Waals surface area contributed by atoms with Crippen molar-refractivity contribution in [3.8, 4) is 5.75 Å². The Morgan fingerprint density at radius 1 is 1.11 bits per heavy atom. The highest BCUT2D eigenvalue weighted by Gasteiger charge is 2.55. The van der Waals surface area contributed by atoms with E-state index in [-0.39, 0.29) is 11.5 Å². The van der Waals surface area contributed by atoms with Gasteiger partial charge in [-0.3, -0.25) is 0 Å². The largest absolute Gasteiger partial charge is 0.508 e. The van der Waals surface area contributed by atoms with Crippen LogP contribution in [0.2, 0.25) is 0 Å². The molecule has 156 valence electrons. The third kappa shape index (κ3) is 3.61. The van der Waals surface area contributed by atoms with Gasteiger partial charge in [-0.2, -0.15) is 0 Å². The zero-order valence-electron chi connectivity index (χ0n) is 17.7. The molecule has 2 fully saturated rings. The van der Waals surface area contributed by atoms with Crippen LogP contribution in [-0.2, 0) is 4.74 Å². The number of phenolic OH excluding ortho intramolecular Hbond substituents is 1. The molecule has 3 aliphatic rings. The van der Waals surface area contributed by atoms with E-state index in [0.29, 0.717) is 29.4 Å². The number of rotatable bonds is 7. The van der Waals surface area contributed by atoms with Crippen molar-refractivity contribution in [2.45, 2.75) is 89.6 Å². The fraction of sp³-hybridized carbons (Fsp3) is 0.760. The van der Waals surface area contributed by atoms with E-state index >= 15 is 0 Å². The Labute approximate surface area is 170 Å². The van der Waals surface area contributed by atoms with Crippen LogP contribution in [-0.4, -0.2) is 29.5 Å². The number of fused-ring (bicyclic) bond motifs is 5. The van der Waals surface area contributed by atoms with Crippen molar-refractivity contribution >= 4 is 0 Å². The average molecular weight is 387 g/mol. The second kappa shape index (κ2) is 8.36. The smallest absolute Gasteiger partial charge is 0.115 e. The molecule has 3 nitrogen and oxygen atoms in total. The number of hydrogen-bond acceptors (Lipinski definition) is 3. The lowest BCUT2D eigenvalue weighted by Crippen LogP contribution is -2.44. The lowest BCUT2D eigenvalue weighted by atomic mass is 9.53. The van der Waals surface area contributed by atoms with E-state index in [1.165, 1.54) is 49.7 Å². The summed E-state index contributed by atoms with van der Waals surface area (Å²) in [7, 11) is 0. The molecule has 4 rings (SSSR count). The molecule has 1 aromatic rings. The van der Waals surface area contributed by atoms with E-state index in [2.05, 4.69) is 19.9 Å². The van der Waals surface area contributed by atoms with E-state index in [1.807, 2.05) is 12.1 Å². The number of ether oxygens (including phenoxy) is 1. The third-order valence-electron chi connectivity index (χ3n) is 8.40. The minimum absolute atomic E-state index is 0.114. The fourth-order valence-corrected chi connectivity index (χ4v) is 6.87.